The van der Waals surface area contributed by atoms with E-state index in [1.165, 1.54) is 4.90 Å². The molecule has 1 heterocycles. The molecule has 1 aliphatic rings. The molecule has 1 atom stereocenters. The van der Waals surface area contributed by atoms with E-state index in [-0.39, 0.29) is 12.5 Å². The molecule has 1 unspecified atom stereocenters. The zero-order chi connectivity index (χ0) is 13.3. The maximum atomic E-state index is 12.5. The van der Waals surface area contributed by atoms with Gasteiger partial charge in [-0.15, -0.1) is 0 Å². The monoisotopic (exact) mass is 242 g/mol. The first kappa shape index (κ1) is 14.0. The van der Waals surface area contributed by atoms with E-state index in [0.29, 0.717) is 6.54 Å². The van der Waals surface area contributed by atoms with Gasteiger partial charge in [0.05, 0.1) is 5.41 Å². The van der Waals surface area contributed by atoms with Crippen LogP contribution >= 0.6 is 0 Å². The van der Waals surface area contributed by atoms with E-state index in [4.69, 9.17) is 5.11 Å². The molecule has 0 aliphatic carbocycles. The fourth-order valence-corrected chi connectivity index (χ4v) is 2.07. The van der Waals surface area contributed by atoms with Gasteiger partial charge >= 0.3 is 5.97 Å². The van der Waals surface area contributed by atoms with Crippen LogP contribution in [-0.2, 0) is 9.59 Å². The smallest absolute Gasteiger partial charge is 0.323 e. The Labute approximate surface area is 102 Å². The minimum atomic E-state index is -0.970. The van der Waals surface area contributed by atoms with Crippen molar-refractivity contribution in [2.24, 2.45) is 5.41 Å². The van der Waals surface area contributed by atoms with Crippen LogP contribution in [0, 0.1) is 5.41 Å². The topological polar surface area (TPSA) is 69.6 Å². The zero-order valence-corrected chi connectivity index (χ0v) is 11.0. The van der Waals surface area contributed by atoms with Crippen molar-refractivity contribution in [1.82, 2.24) is 10.2 Å². The number of hydrogen-bond donors (Lipinski definition) is 2. The first-order valence-corrected chi connectivity index (χ1v) is 5.91. The summed E-state index contributed by atoms with van der Waals surface area (Å²) >= 11 is 0. The van der Waals surface area contributed by atoms with Crippen LogP contribution in [0.25, 0.3) is 0 Å². The Morgan fingerprint density at radius 1 is 1.41 bits per heavy atom. The molecule has 17 heavy (non-hydrogen) atoms. The van der Waals surface area contributed by atoms with Gasteiger partial charge < -0.3 is 15.3 Å². The molecular formula is C12H22N2O3. The highest BCUT2D eigenvalue weighted by atomic mass is 16.4. The molecule has 0 bridgehead atoms. The number of carboxylic acid groups (broad SMARTS) is 1. The van der Waals surface area contributed by atoms with E-state index in [0.717, 1.165) is 13.0 Å². The summed E-state index contributed by atoms with van der Waals surface area (Å²) < 4.78 is 0. The fourth-order valence-electron chi connectivity index (χ4n) is 2.07. The average molecular weight is 242 g/mol. The van der Waals surface area contributed by atoms with Crippen molar-refractivity contribution in [3.8, 4) is 0 Å². The summed E-state index contributed by atoms with van der Waals surface area (Å²) in [6, 6.07) is 0. The Morgan fingerprint density at radius 3 is 2.35 bits per heavy atom. The van der Waals surface area contributed by atoms with E-state index in [1.54, 1.807) is 0 Å². The van der Waals surface area contributed by atoms with Crippen molar-refractivity contribution in [2.75, 3.05) is 19.6 Å². The van der Waals surface area contributed by atoms with Crippen molar-refractivity contribution in [2.45, 2.75) is 39.7 Å². The maximum Gasteiger partial charge on any atom is 0.323 e. The highest BCUT2D eigenvalue weighted by Crippen LogP contribution is 2.30. The summed E-state index contributed by atoms with van der Waals surface area (Å²) in [4.78, 5) is 24.8. The predicted molar refractivity (Wildman–Crippen MR) is 64.7 cm³/mol. The lowest BCUT2D eigenvalue weighted by atomic mass is 9.86. The third-order valence-corrected chi connectivity index (χ3v) is 3.23. The van der Waals surface area contributed by atoms with Crippen LogP contribution in [0.5, 0.6) is 0 Å². The lowest BCUT2D eigenvalue weighted by molar-refractivity contribution is -0.153. The molecule has 0 spiro atoms. The van der Waals surface area contributed by atoms with Gasteiger partial charge in [-0.25, -0.2) is 0 Å². The van der Waals surface area contributed by atoms with Crippen molar-refractivity contribution in [3.63, 3.8) is 0 Å². The first-order valence-electron chi connectivity index (χ1n) is 5.91. The van der Waals surface area contributed by atoms with E-state index in [1.807, 2.05) is 27.7 Å². The summed E-state index contributed by atoms with van der Waals surface area (Å²) in [7, 11) is 0. The molecule has 5 heteroatoms. The molecule has 5 nitrogen and oxygen atoms in total. The SMILES string of the molecule is CC1(C(=O)N(CC(=O)O)C(C)(C)C)CCNC1. The van der Waals surface area contributed by atoms with Gasteiger partial charge in [0.25, 0.3) is 0 Å². The summed E-state index contributed by atoms with van der Waals surface area (Å²) in [6.45, 7) is 8.68. The Kier molecular flexibility index (Phi) is 3.81. The molecule has 0 aromatic rings. The van der Waals surface area contributed by atoms with Gasteiger partial charge in [-0.1, -0.05) is 0 Å². The quantitative estimate of drug-likeness (QED) is 0.764. The number of carbonyl (C=O) groups is 2. The Morgan fingerprint density at radius 2 is 2.00 bits per heavy atom. The summed E-state index contributed by atoms with van der Waals surface area (Å²) in [6.07, 6.45) is 0.762. The number of amides is 1. The summed E-state index contributed by atoms with van der Waals surface area (Å²) in [5, 5.41) is 12.1. The molecule has 1 saturated heterocycles. The van der Waals surface area contributed by atoms with Crippen LogP contribution in [0.3, 0.4) is 0 Å². The molecule has 0 aromatic carbocycles. The second kappa shape index (κ2) is 4.64. The van der Waals surface area contributed by atoms with Gasteiger partial charge in [0.2, 0.25) is 5.91 Å². The van der Waals surface area contributed by atoms with Gasteiger partial charge in [0.15, 0.2) is 0 Å². The minimum absolute atomic E-state index is 0.0719. The van der Waals surface area contributed by atoms with E-state index < -0.39 is 16.9 Å². The Bertz CT molecular complexity index is 314. The largest absolute Gasteiger partial charge is 0.480 e. The number of carboxylic acids is 1. The fraction of sp³-hybridized carbons (Fsp3) is 0.833. The second-order valence-corrected chi connectivity index (χ2v) is 5.94. The van der Waals surface area contributed by atoms with Crippen molar-refractivity contribution in [1.29, 1.82) is 0 Å². The average Bonchev–Trinajstić information content (AvgIpc) is 2.60. The van der Waals surface area contributed by atoms with Crippen LogP contribution in [-0.4, -0.2) is 47.1 Å². The maximum absolute atomic E-state index is 12.5. The molecule has 0 radical (unpaired) electrons. The standard InChI is InChI=1S/C12H22N2O3/c1-11(2,3)14(7-9(15)16)10(17)12(4)5-6-13-8-12/h13H,5-8H2,1-4H3,(H,15,16). The number of nitrogens with one attached hydrogen (secondary N) is 1. The molecule has 98 valence electrons. The minimum Gasteiger partial charge on any atom is -0.480 e. The molecular weight excluding hydrogens is 220 g/mol. The third-order valence-electron chi connectivity index (χ3n) is 3.23. The van der Waals surface area contributed by atoms with Gasteiger partial charge in [-0.3, -0.25) is 9.59 Å². The van der Waals surface area contributed by atoms with Gasteiger partial charge in [-0.05, 0) is 40.7 Å². The molecule has 1 fully saturated rings. The Hall–Kier alpha value is -1.10. The number of nitrogens with zero attached hydrogens (tertiary/aromatic N) is 1. The van der Waals surface area contributed by atoms with Crippen LogP contribution in [0.15, 0.2) is 0 Å². The van der Waals surface area contributed by atoms with E-state index >= 15 is 0 Å². The number of hydrogen-bond acceptors (Lipinski definition) is 3. The van der Waals surface area contributed by atoms with E-state index in [9.17, 15) is 9.59 Å². The van der Waals surface area contributed by atoms with Crippen molar-refractivity contribution in [3.05, 3.63) is 0 Å². The molecule has 1 rings (SSSR count). The molecule has 0 saturated carbocycles. The van der Waals surface area contributed by atoms with Gasteiger partial charge in [0.1, 0.15) is 6.54 Å². The molecule has 1 amide bonds. The summed E-state index contributed by atoms with van der Waals surface area (Å²) in [5.74, 6) is -1.04. The van der Waals surface area contributed by atoms with Crippen LogP contribution in [0.1, 0.15) is 34.1 Å². The van der Waals surface area contributed by atoms with Crippen molar-refractivity contribution >= 4 is 11.9 Å². The van der Waals surface area contributed by atoms with Crippen LogP contribution in [0.2, 0.25) is 0 Å². The Balaban J connectivity index is 2.90. The number of carbonyl (C=O) groups excluding carboxylic acids is 1. The second-order valence-electron chi connectivity index (χ2n) is 5.94. The number of aliphatic carboxylic acids is 1. The number of rotatable bonds is 3. The van der Waals surface area contributed by atoms with Gasteiger partial charge in [0, 0.05) is 12.1 Å². The third kappa shape index (κ3) is 3.19. The molecule has 1 aliphatic heterocycles. The zero-order valence-electron chi connectivity index (χ0n) is 11.0. The summed E-state index contributed by atoms with van der Waals surface area (Å²) in [5.41, 5.74) is -0.941. The molecule has 2 N–H and O–H groups in total. The van der Waals surface area contributed by atoms with E-state index in [2.05, 4.69) is 5.32 Å². The predicted octanol–water partition coefficient (Wildman–Crippen LogP) is 0.698. The lowest BCUT2D eigenvalue weighted by Crippen LogP contribution is -2.54. The lowest BCUT2D eigenvalue weighted by Gasteiger charge is -2.39. The first-order chi connectivity index (χ1) is 7.67. The molecule has 0 aromatic heterocycles. The van der Waals surface area contributed by atoms with Crippen LogP contribution < -0.4 is 5.32 Å². The highest BCUT2D eigenvalue weighted by Gasteiger charge is 2.42. The normalized spacial score (nSPS) is 24.7. The van der Waals surface area contributed by atoms with Crippen molar-refractivity contribution < 1.29 is 14.7 Å². The van der Waals surface area contributed by atoms with Crippen LogP contribution in [0.4, 0.5) is 0 Å². The highest BCUT2D eigenvalue weighted by molar-refractivity contribution is 5.86. The van der Waals surface area contributed by atoms with Gasteiger partial charge in [-0.2, -0.15) is 0 Å².